The van der Waals surface area contributed by atoms with E-state index >= 15 is 0 Å². The minimum absolute atomic E-state index is 0.0226. The van der Waals surface area contributed by atoms with Crippen LogP contribution in [0.25, 0.3) is 0 Å². The third-order valence-corrected chi connectivity index (χ3v) is 4.03. The highest BCUT2D eigenvalue weighted by Gasteiger charge is 2.46. The lowest BCUT2D eigenvalue weighted by Crippen LogP contribution is -2.53. The molecule has 18 heavy (non-hydrogen) atoms. The molecule has 1 fully saturated rings. The number of methoxy groups -OCH3 is 1. The van der Waals surface area contributed by atoms with E-state index in [1.54, 1.807) is 0 Å². The van der Waals surface area contributed by atoms with E-state index in [9.17, 15) is 9.59 Å². The van der Waals surface area contributed by atoms with Gasteiger partial charge in [-0.25, -0.2) is 0 Å². The molecule has 4 heteroatoms. The van der Waals surface area contributed by atoms with E-state index < -0.39 is 5.41 Å². The van der Waals surface area contributed by atoms with Crippen LogP contribution >= 0.6 is 0 Å². The molecular formula is C14H25NO3. The molecule has 104 valence electrons. The van der Waals surface area contributed by atoms with E-state index in [0.29, 0.717) is 6.54 Å². The molecule has 1 aliphatic rings. The first-order chi connectivity index (χ1) is 8.35. The third-order valence-electron chi connectivity index (χ3n) is 4.03. The summed E-state index contributed by atoms with van der Waals surface area (Å²) in [6.45, 7) is 9.09. The van der Waals surface area contributed by atoms with Crippen LogP contribution in [0.4, 0.5) is 0 Å². The van der Waals surface area contributed by atoms with Crippen LogP contribution in [0.1, 0.15) is 40.5 Å². The van der Waals surface area contributed by atoms with Crippen LogP contribution in [0.3, 0.4) is 0 Å². The molecule has 1 unspecified atom stereocenters. The van der Waals surface area contributed by atoms with Gasteiger partial charge < -0.3 is 9.64 Å². The second-order valence-corrected chi connectivity index (χ2v) is 5.82. The fraction of sp³-hybridized carbons (Fsp3) is 0.857. The van der Waals surface area contributed by atoms with Crippen LogP contribution in [0.15, 0.2) is 0 Å². The first-order valence-corrected chi connectivity index (χ1v) is 6.72. The van der Waals surface area contributed by atoms with Crippen molar-refractivity contribution < 1.29 is 14.3 Å². The minimum Gasteiger partial charge on any atom is -0.469 e. The van der Waals surface area contributed by atoms with Crippen LogP contribution < -0.4 is 0 Å². The molecule has 0 saturated carbocycles. The van der Waals surface area contributed by atoms with Gasteiger partial charge in [0.2, 0.25) is 5.91 Å². The SMILES string of the molecule is COC(=O)C1(C(C)C)CCCN(C(=O)C(C)C)C1. The van der Waals surface area contributed by atoms with Gasteiger partial charge in [-0.2, -0.15) is 0 Å². The molecule has 1 heterocycles. The maximum Gasteiger partial charge on any atom is 0.313 e. The van der Waals surface area contributed by atoms with Crippen LogP contribution in [0, 0.1) is 17.3 Å². The zero-order valence-corrected chi connectivity index (χ0v) is 12.2. The number of carbonyl (C=O) groups excluding carboxylic acids is 2. The first kappa shape index (κ1) is 15.0. The van der Waals surface area contributed by atoms with Gasteiger partial charge in [-0.05, 0) is 18.8 Å². The zero-order valence-electron chi connectivity index (χ0n) is 12.2. The van der Waals surface area contributed by atoms with Crippen LogP contribution in [0.2, 0.25) is 0 Å². The largest absolute Gasteiger partial charge is 0.469 e. The maximum atomic E-state index is 12.1. The Bertz CT molecular complexity index is 325. The van der Waals surface area contributed by atoms with Gasteiger partial charge in [0.25, 0.3) is 0 Å². The van der Waals surface area contributed by atoms with Crippen molar-refractivity contribution in [1.29, 1.82) is 0 Å². The van der Waals surface area contributed by atoms with E-state index in [0.717, 1.165) is 19.4 Å². The second-order valence-electron chi connectivity index (χ2n) is 5.82. The molecule has 1 atom stereocenters. The molecule has 0 aromatic heterocycles. The van der Waals surface area contributed by atoms with Crippen molar-refractivity contribution in [2.45, 2.75) is 40.5 Å². The maximum absolute atomic E-state index is 12.1. The van der Waals surface area contributed by atoms with Crippen LogP contribution in [-0.4, -0.2) is 37.0 Å². The van der Waals surface area contributed by atoms with Gasteiger partial charge in [0.05, 0.1) is 12.5 Å². The second kappa shape index (κ2) is 5.72. The molecule has 0 aromatic carbocycles. The van der Waals surface area contributed by atoms with E-state index in [1.807, 2.05) is 32.6 Å². The van der Waals surface area contributed by atoms with Gasteiger partial charge in [-0.1, -0.05) is 27.7 Å². The Labute approximate surface area is 110 Å². The molecule has 0 bridgehead atoms. The van der Waals surface area contributed by atoms with E-state index in [4.69, 9.17) is 4.74 Å². The summed E-state index contributed by atoms with van der Waals surface area (Å²) in [5.74, 6) is 0.0979. The third kappa shape index (κ3) is 2.68. The Morgan fingerprint density at radius 1 is 1.22 bits per heavy atom. The number of carbonyl (C=O) groups is 2. The summed E-state index contributed by atoms with van der Waals surface area (Å²) in [6, 6.07) is 0. The molecule has 0 spiro atoms. The summed E-state index contributed by atoms with van der Waals surface area (Å²) in [5.41, 5.74) is -0.530. The van der Waals surface area contributed by atoms with Crippen molar-refractivity contribution >= 4 is 11.9 Å². The number of esters is 1. The fourth-order valence-corrected chi connectivity index (χ4v) is 2.71. The molecule has 0 N–H and O–H groups in total. The summed E-state index contributed by atoms with van der Waals surface area (Å²) in [4.78, 5) is 26.0. The van der Waals surface area contributed by atoms with Crippen LogP contribution in [-0.2, 0) is 14.3 Å². The Morgan fingerprint density at radius 2 is 1.83 bits per heavy atom. The van der Waals surface area contributed by atoms with Gasteiger partial charge in [0.15, 0.2) is 0 Å². The number of hydrogen-bond acceptors (Lipinski definition) is 3. The number of likely N-dealkylation sites (tertiary alicyclic amines) is 1. The number of piperidine rings is 1. The van der Waals surface area contributed by atoms with Crippen molar-refractivity contribution in [2.24, 2.45) is 17.3 Å². The standard InChI is InChI=1S/C14H25NO3/c1-10(2)12(16)15-8-6-7-14(9-15,11(3)4)13(17)18-5/h10-11H,6-9H2,1-5H3. The van der Waals surface area contributed by atoms with Gasteiger partial charge in [0, 0.05) is 19.0 Å². The van der Waals surface area contributed by atoms with Crippen molar-refractivity contribution in [3.8, 4) is 0 Å². The van der Waals surface area contributed by atoms with Gasteiger partial charge in [-0.15, -0.1) is 0 Å². The normalized spacial score (nSPS) is 24.5. The molecule has 1 rings (SSSR count). The van der Waals surface area contributed by atoms with E-state index in [1.165, 1.54) is 7.11 Å². The predicted molar refractivity (Wildman–Crippen MR) is 69.9 cm³/mol. The zero-order chi connectivity index (χ0) is 13.9. The Morgan fingerprint density at radius 3 is 2.28 bits per heavy atom. The van der Waals surface area contributed by atoms with Crippen molar-refractivity contribution in [3.63, 3.8) is 0 Å². The monoisotopic (exact) mass is 255 g/mol. The molecule has 1 aliphatic heterocycles. The minimum atomic E-state index is -0.530. The molecule has 0 aliphatic carbocycles. The van der Waals surface area contributed by atoms with Gasteiger partial charge in [0.1, 0.15) is 0 Å². The van der Waals surface area contributed by atoms with E-state index in [-0.39, 0.29) is 23.7 Å². The average Bonchev–Trinajstić information content (AvgIpc) is 2.36. The summed E-state index contributed by atoms with van der Waals surface area (Å²) in [5, 5.41) is 0. The highest BCUT2D eigenvalue weighted by Crippen LogP contribution is 2.38. The Hall–Kier alpha value is -1.06. The highest BCUT2D eigenvalue weighted by molar-refractivity contribution is 5.81. The molecule has 0 radical (unpaired) electrons. The Kier molecular flexibility index (Phi) is 4.77. The number of ether oxygens (including phenoxy) is 1. The van der Waals surface area contributed by atoms with Crippen molar-refractivity contribution in [3.05, 3.63) is 0 Å². The summed E-state index contributed by atoms with van der Waals surface area (Å²) in [6.07, 6.45) is 1.67. The number of nitrogens with zero attached hydrogens (tertiary/aromatic N) is 1. The summed E-state index contributed by atoms with van der Waals surface area (Å²) in [7, 11) is 1.43. The fourth-order valence-electron chi connectivity index (χ4n) is 2.71. The van der Waals surface area contributed by atoms with Gasteiger partial charge in [-0.3, -0.25) is 9.59 Å². The molecule has 1 amide bonds. The number of rotatable bonds is 3. The lowest BCUT2D eigenvalue weighted by atomic mass is 9.71. The van der Waals surface area contributed by atoms with Crippen LogP contribution in [0.5, 0.6) is 0 Å². The lowest BCUT2D eigenvalue weighted by Gasteiger charge is -2.43. The molecule has 0 aromatic rings. The number of hydrogen-bond donors (Lipinski definition) is 0. The van der Waals surface area contributed by atoms with Crippen molar-refractivity contribution in [1.82, 2.24) is 4.90 Å². The highest BCUT2D eigenvalue weighted by atomic mass is 16.5. The average molecular weight is 255 g/mol. The molecule has 4 nitrogen and oxygen atoms in total. The Balaban J connectivity index is 2.94. The number of amides is 1. The quantitative estimate of drug-likeness (QED) is 0.725. The predicted octanol–water partition coefficient (Wildman–Crippen LogP) is 2.08. The molecule has 1 saturated heterocycles. The van der Waals surface area contributed by atoms with Crippen molar-refractivity contribution in [2.75, 3.05) is 20.2 Å². The first-order valence-electron chi connectivity index (χ1n) is 6.72. The molecular weight excluding hydrogens is 230 g/mol. The summed E-state index contributed by atoms with van der Waals surface area (Å²) < 4.78 is 4.97. The lowest BCUT2D eigenvalue weighted by molar-refractivity contribution is -0.162. The smallest absolute Gasteiger partial charge is 0.313 e. The summed E-state index contributed by atoms with van der Waals surface area (Å²) >= 11 is 0. The topological polar surface area (TPSA) is 46.6 Å². The van der Waals surface area contributed by atoms with Gasteiger partial charge >= 0.3 is 5.97 Å². The van der Waals surface area contributed by atoms with E-state index in [2.05, 4.69) is 0 Å².